The average Bonchev–Trinajstić information content (AvgIpc) is 2.87. The fourth-order valence-corrected chi connectivity index (χ4v) is 3.71. The number of hydrogen-bond acceptors (Lipinski definition) is 6. The van der Waals surface area contributed by atoms with Crippen LogP contribution >= 0.6 is 11.5 Å². The molecule has 2 fully saturated rings. The van der Waals surface area contributed by atoms with Gasteiger partial charge < -0.3 is 10.2 Å². The molecule has 1 aromatic rings. The smallest absolute Gasteiger partial charge is 0.267 e. The summed E-state index contributed by atoms with van der Waals surface area (Å²) in [5, 5.41) is 7.52. The molecule has 2 saturated heterocycles. The largest absolute Gasteiger partial charge is 0.335 e. The molecule has 1 aromatic heterocycles. The molecule has 0 bridgehead atoms. The van der Waals surface area contributed by atoms with Gasteiger partial charge in [0.25, 0.3) is 5.91 Å². The van der Waals surface area contributed by atoms with E-state index in [9.17, 15) is 4.79 Å². The third-order valence-corrected chi connectivity index (χ3v) is 4.92. The zero-order chi connectivity index (χ0) is 15.0. The van der Waals surface area contributed by atoms with E-state index in [0.29, 0.717) is 10.9 Å². The maximum absolute atomic E-state index is 12.6. The molecule has 1 N–H and O–H groups in total. The predicted octanol–water partition coefficient (Wildman–Crippen LogP) is 0.565. The highest BCUT2D eigenvalue weighted by atomic mass is 32.1. The number of hydrogen-bond donors (Lipinski definition) is 1. The maximum atomic E-state index is 12.6. The molecule has 0 atom stereocenters. The molecule has 21 heavy (non-hydrogen) atoms. The fraction of sp³-hybridized carbons (Fsp3) is 0.786. The molecule has 0 spiro atoms. The number of aromatic nitrogens is 2. The van der Waals surface area contributed by atoms with Gasteiger partial charge >= 0.3 is 0 Å². The summed E-state index contributed by atoms with van der Waals surface area (Å²) in [6.07, 6.45) is 0. The van der Waals surface area contributed by atoms with Crippen molar-refractivity contribution in [3.05, 3.63) is 10.6 Å². The number of carbonyl (C=O) groups is 1. The highest BCUT2D eigenvalue weighted by Crippen LogP contribution is 2.28. The Labute approximate surface area is 129 Å². The summed E-state index contributed by atoms with van der Waals surface area (Å²) in [4.78, 5) is 17.7. The van der Waals surface area contributed by atoms with E-state index in [0.717, 1.165) is 45.0 Å². The monoisotopic (exact) mass is 309 g/mol. The van der Waals surface area contributed by atoms with Gasteiger partial charge in [0.05, 0.1) is 5.69 Å². The van der Waals surface area contributed by atoms with Gasteiger partial charge in [-0.15, -0.1) is 5.10 Å². The Kier molecular flexibility index (Phi) is 3.98. The normalized spacial score (nSPS) is 21.4. The Bertz CT molecular complexity index is 512. The third-order valence-electron chi connectivity index (χ3n) is 4.21. The van der Waals surface area contributed by atoms with Crippen LogP contribution < -0.4 is 5.32 Å². The molecule has 1 amide bonds. The van der Waals surface area contributed by atoms with Crippen molar-refractivity contribution in [3.8, 4) is 0 Å². The van der Waals surface area contributed by atoms with Crippen LogP contribution in [0.15, 0.2) is 0 Å². The topological polar surface area (TPSA) is 61.4 Å². The molecule has 116 valence electrons. The lowest BCUT2D eigenvalue weighted by Crippen LogP contribution is -2.63. The Balaban J connectivity index is 1.62. The Morgan fingerprint density at radius 3 is 2.57 bits per heavy atom. The van der Waals surface area contributed by atoms with Crippen LogP contribution in [0, 0.1) is 0 Å². The Hall–Kier alpha value is -1.05. The minimum Gasteiger partial charge on any atom is -0.335 e. The molecule has 2 aliphatic rings. The van der Waals surface area contributed by atoms with Gasteiger partial charge in [0, 0.05) is 50.7 Å². The number of piperazine rings is 1. The van der Waals surface area contributed by atoms with Crippen molar-refractivity contribution in [2.45, 2.75) is 32.2 Å². The summed E-state index contributed by atoms with van der Waals surface area (Å²) in [6, 6.07) is 0.523. The van der Waals surface area contributed by atoms with Gasteiger partial charge in [0.2, 0.25) is 0 Å². The molecule has 0 aromatic carbocycles. The van der Waals surface area contributed by atoms with Crippen molar-refractivity contribution in [2.75, 3.05) is 39.3 Å². The first-order valence-electron chi connectivity index (χ1n) is 7.53. The summed E-state index contributed by atoms with van der Waals surface area (Å²) >= 11 is 1.22. The van der Waals surface area contributed by atoms with Crippen LogP contribution in [0.2, 0.25) is 0 Å². The molecule has 0 radical (unpaired) electrons. The zero-order valence-corrected chi connectivity index (χ0v) is 13.7. The lowest BCUT2D eigenvalue weighted by molar-refractivity contribution is 0.0229. The fourth-order valence-electron chi connectivity index (χ4n) is 2.86. The van der Waals surface area contributed by atoms with E-state index in [-0.39, 0.29) is 11.3 Å². The predicted molar refractivity (Wildman–Crippen MR) is 82.7 cm³/mol. The first-order chi connectivity index (χ1) is 9.97. The molecule has 2 aliphatic heterocycles. The van der Waals surface area contributed by atoms with Crippen LogP contribution in [0.5, 0.6) is 0 Å². The number of carbonyl (C=O) groups excluding carboxylic acids is 1. The van der Waals surface area contributed by atoms with Gasteiger partial charge in [-0.05, 0) is 11.5 Å². The minimum atomic E-state index is -0.138. The SMILES string of the molecule is CC(C)(C)c1nnsc1C(=O)N1CC(N2CCNCC2)C1. The number of likely N-dealkylation sites (tertiary alicyclic amines) is 1. The van der Waals surface area contributed by atoms with Crippen molar-refractivity contribution in [2.24, 2.45) is 0 Å². The van der Waals surface area contributed by atoms with Crippen LogP contribution in [0.1, 0.15) is 36.1 Å². The maximum Gasteiger partial charge on any atom is 0.267 e. The van der Waals surface area contributed by atoms with E-state index in [1.54, 1.807) is 0 Å². The summed E-state index contributed by atoms with van der Waals surface area (Å²) in [7, 11) is 0. The highest BCUT2D eigenvalue weighted by Gasteiger charge is 2.38. The third kappa shape index (κ3) is 2.95. The number of nitrogens with one attached hydrogen (secondary N) is 1. The molecule has 6 nitrogen and oxygen atoms in total. The van der Waals surface area contributed by atoms with Crippen molar-refractivity contribution in [1.82, 2.24) is 24.7 Å². The van der Waals surface area contributed by atoms with Crippen LogP contribution in [-0.2, 0) is 5.41 Å². The zero-order valence-electron chi connectivity index (χ0n) is 12.9. The average molecular weight is 309 g/mol. The first-order valence-corrected chi connectivity index (χ1v) is 8.31. The molecule has 0 aliphatic carbocycles. The second-order valence-electron chi connectivity index (χ2n) is 6.85. The molecule has 0 unspecified atom stereocenters. The summed E-state index contributed by atoms with van der Waals surface area (Å²) in [6.45, 7) is 12.2. The van der Waals surface area contributed by atoms with E-state index in [1.165, 1.54) is 11.5 Å². The van der Waals surface area contributed by atoms with Crippen LogP contribution in [0.3, 0.4) is 0 Å². The van der Waals surface area contributed by atoms with Crippen LogP contribution in [-0.4, -0.2) is 70.6 Å². The number of nitrogens with zero attached hydrogens (tertiary/aromatic N) is 4. The van der Waals surface area contributed by atoms with Crippen molar-refractivity contribution in [3.63, 3.8) is 0 Å². The summed E-state index contributed by atoms with van der Waals surface area (Å²) < 4.78 is 3.98. The Morgan fingerprint density at radius 2 is 1.95 bits per heavy atom. The quantitative estimate of drug-likeness (QED) is 0.865. The van der Waals surface area contributed by atoms with Gasteiger partial charge in [-0.25, -0.2) is 0 Å². The van der Waals surface area contributed by atoms with E-state index in [4.69, 9.17) is 0 Å². The van der Waals surface area contributed by atoms with Gasteiger partial charge in [-0.3, -0.25) is 9.69 Å². The summed E-state index contributed by atoms with van der Waals surface area (Å²) in [5.41, 5.74) is 0.684. The molecular weight excluding hydrogens is 286 g/mol. The van der Waals surface area contributed by atoms with E-state index < -0.39 is 0 Å². The minimum absolute atomic E-state index is 0.0984. The van der Waals surface area contributed by atoms with Crippen LogP contribution in [0.4, 0.5) is 0 Å². The molecule has 7 heteroatoms. The van der Waals surface area contributed by atoms with Gasteiger partial charge in [-0.2, -0.15) is 0 Å². The highest BCUT2D eigenvalue weighted by molar-refractivity contribution is 7.08. The van der Waals surface area contributed by atoms with Gasteiger partial charge in [-0.1, -0.05) is 25.3 Å². The first kappa shape index (κ1) is 14.9. The number of rotatable bonds is 2. The second-order valence-corrected chi connectivity index (χ2v) is 7.60. The van der Waals surface area contributed by atoms with Crippen molar-refractivity contribution in [1.29, 1.82) is 0 Å². The second kappa shape index (κ2) is 5.62. The van der Waals surface area contributed by atoms with Crippen LogP contribution in [0.25, 0.3) is 0 Å². The van der Waals surface area contributed by atoms with Gasteiger partial charge in [0.1, 0.15) is 4.88 Å². The Morgan fingerprint density at radius 1 is 1.29 bits per heavy atom. The molecular formula is C14H23N5OS. The molecule has 3 heterocycles. The lowest BCUT2D eigenvalue weighted by atomic mass is 9.91. The standard InChI is InChI=1S/C14H23N5OS/c1-14(2,3)12-11(21-17-16-12)13(20)19-8-10(9-19)18-6-4-15-5-7-18/h10,15H,4-9H2,1-3H3. The van der Waals surface area contributed by atoms with E-state index in [2.05, 4.69) is 40.6 Å². The molecule has 3 rings (SSSR count). The van der Waals surface area contributed by atoms with E-state index >= 15 is 0 Å². The number of amides is 1. The van der Waals surface area contributed by atoms with Crippen molar-refractivity contribution < 1.29 is 4.79 Å². The van der Waals surface area contributed by atoms with Crippen molar-refractivity contribution >= 4 is 17.4 Å². The lowest BCUT2D eigenvalue weighted by Gasteiger charge is -2.46. The van der Waals surface area contributed by atoms with Gasteiger partial charge in [0.15, 0.2) is 0 Å². The molecule has 0 saturated carbocycles. The summed E-state index contributed by atoms with van der Waals surface area (Å²) in [5.74, 6) is 0.0984. The van der Waals surface area contributed by atoms with E-state index in [1.807, 2.05) is 4.90 Å².